The third-order valence-electron chi connectivity index (χ3n) is 25.1. The van der Waals surface area contributed by atoms with E-state index in [0.717, 1.165) is 0 Å². The fraction of sp³-hybridized carbons (Fsp3) is 0.435. The molecule has 0 radical (unpaired) electrons. The Morgan fingerprint density at radius 1 is 0.242 bits per heavy atom. The normalized spacial score (nSPS) is 14.3. The van der Waals surface area contributed by atoms with Crippen LogP contribution in [0.25, 0.3) is 66.1 Å². The van der Waals surface area contributed by atoms with Crippen LogP contribution in [0, 0.1) is 0 Å². The van der Waals surface area contributed by atoms with E-state index in [0.29, 0.717) is 66.5 Å². The predicted octanol–water partition coefficient (Wildman–Crippen LogP) is 23.8. The molecular weight excluding hydrogens is 1160 g/mol. The minimum atomic E-state index is -1.99. The number of aromatic nitrogens is 2. The Hall–Kier alpha value is -5.77. The van der Waals surface area contributed by atoms with Gasteiger partial charge in [0.25, 0.3) is 0 Å². The van der Waals surface area contributed by atoms with Crippen LogP contribution in [-0.2, 0) is 5.41 Å². The second-order valence-corrected chi connectivity index (χ2v) is 55.8. The van der Waals surface area contributed by atoms with Crippen molar-refractivity contribution in [2.45, 2.75) is 238 Å². The van der Waals surface area contributed by atoms with Crippen molar-refractivity contribution < 1.29 is 0 Å². The molecule has 0 bridgehead atoms. The Balaban J connectivity index is 1.13. The third kappa shape index (κ3) is 9.55. The highest BCUT2D eigenvalue weighted by atomic mass is 28.3. The number of rotatable bonds is 20. The molecule has 10 aromatic rings. The molecule has 478 valence electrons. The van der Waals surface area contributed by atoms with Gasteiger partial charge in [-0.1, -0.05) is 308 Å². The van der Waals surface area contributed by atoms with E-state index in [4.69, 9.17) is 0 Å². The van der Waals surface area contributed by atoms with Gasteiger partial charge in [0, 0.05) is 32.9 Å². The van der Waals surface area contributed by atoms with E-state index in [1.165, 1.54) is 88.4 Å². The lowest BCUT2D eigenvalue weighted by Crippen LogP contribution is -2.55. The summed E-state index contributed by atoms with van der Waals surface area (Å²) in [4.78, 5) is 0. The molecule has 0 aliphatic heterocycles. The number of nitrogens with zero attached hydrogens (tertiary/aromatic N) is 2. The van der Waals surface area contributed by atoms with E-state index >= 15 is 0 Å². The summed E-state index contributed by atoms with van der Waals surface area (Å²) in [7, 11) is -7.94. The summed E-state index contributed by atoms with van der Waals surface area (Å²) >= 11 is 0. The monoisotopic (exact) mass is 1270 g/mol. The molecule has 0 saturated heterocycles. The first-order chi connectivity index (χ1) is 43.1. The van der Waals surface area contributed by atoms with Crippen LogP contribution in [-0.4, -0.2) is 41.4 Å². The van der Waals surface area contributed by atoms with E-state index < -0.39 is 37.7 Å². The lowest BCUT2D eigenvalue weighted by Gasteiger charge is -2.44. The van der Waals surface area contributed by atoms with Gasteiger partial charge in [-0.2, -0.15) is 0 Å². The zero-order chi connectivity index (χ0) is 65.9. The Bertz CT molecular complexity index is 3750. The van der Waals surface area contributed by atoms with Crippen LogP contribution in [0.1, 0.15) is 188 Å². The van der Waals surface area contributed by atoms with Crippen molar-refractivity contribution in [2.24, 2.45) is 0 Å². The SMILES string of the molecule is CC(C)[Si](c1ccc2c(c1)c1cc([Si](C(C)C)(C(C)C)C(C)C)ccc1n2-c1ccc(C2(c3ccc(-n4c5ccc([Si](C(C)C)(C(C)C)C(C)C)cc5c5cc([Si](C(C)C)(C(C)C)C(C)C)ccc54)cc3)c3ccccc3-c3ccccc32)cc1)(C(C)C)C(C)C. The summed E-state index contributed by atoms with van der Waals surface area (Å²) in [6.07, 6.45) is 0. The van der Waals surface area contributed by atoms with Gasteiger partial charge in [0.05, 0.1) is 59.8 Å². The van der Waals surface area contributed by atoms with E-state index in [1.807, 2.05) is 0 Å². The fourth-order valence-corrected chi connectivity index (χ4v) is 49.5. The molecular formula is C85H112N2Si4. The maximum Gasteiger partial charge on any atom is 0.0942 e. The quantitative estimate of drug-likeness (QED) is 0.0673. The van der Waals surface area contributed by atoms with Gasteiger partial charge in [-0.3, -0.25) is 0 Å². The second kappa shape index (κ2) is 24.5. The highest BCUT2D eigenvalue weighted by Gasteiger charge is 2.50. The molecule has 11 rings (SSSR count). The van der Waals surface area contributed by atoms with Crippen LogP contribution in [0.3, 0.4) is 0 Å². The largest absolute Gasteiger partial charge is 0.309 e. The minimum absolute atomic E-state index is 0.562. The minimum Gasteiger partial charge on any atom is -0.309 e. The Kier molecular flexibility index (Phi) is 18.0. The van der Waals surface area contributed by atoms with Gasteiger partial charge in [0.2, 0.25) is 0 Å². The van der Waals surface area contributed by atoms with Crippen molar-refractivity contribution in [3.05, 3.63) is 192 Å². The lowest BCUT2D eigenvalue weighted by molar-refractivity contribution is 0.767. The van der Waals surface area contributed by atoms with Crippen LogP contribution >= 0.6 is 0 Å². The molecule has 1 aliphatic carbocycles. The summed E-state index contributed by atoms with van der Waals surface area (Å²) in [5.41, 5.74) is 22.3. The molecule has 0 atom stereocenters. The Morgan fingerprint density at radius 2 is 0.451 bits per heavy atom. The predicted molar refractivity (Wildman–Crippen MR) is 415 cm³/mol. The molecule has 0 unspecified atom stereocenters. The maximum absolute atomic E-state index is 2.69. The number of hydrogen-bond acceptors (Lipinski definition) is 0. The molecule has 0 amide bonds. The van der Waals surface area contributed by atoms with Crippen molar-refractivity contribution >= 4 is 96.7 Å². The van der Waals surface area contributed by atoms with Gasteiger partial charge in [0.15, 0.2) is 0 Å². The zero-order valence-electron chi connectivity index (χ0n) is 60.5. The van der Waals surface area contributed by atoms with Crippen LogP contribution < -0.4 is 20.7 Å². The average molecular weight is 1270 g/mol. The lowest BCUT2D eigenvalue weighted by atomic mass is 9.67. The molecule has 2 aromatic heterocycles. The molecule has 0 N–H and O–H groups in total. The highest BCUT2D eigenvalue weighted by molar-refractivity contribution is 6.97. The molecule has 2 heterocycles. The van der Waals surface area contributed by atoms with Crippen molar-refractivity contribution in [3.63, 3.8) is 0 Å². The van der Waals surface area contributed by atoms with Crippen LogP contribution in [0.2, 0.25) is 66.5 Å². The van der Waals surface area contributed by atoms with E-state index in [9.17, 15) is 0 Å². The summed E-state index contributed by atoms with van der Waals surface area (Å²) < 4.78 is 5.22. The molecule has 0 fully saturated rings. The molecule has 0 spiro atoms. The smallest absolute Gasteiger partial charge is 0.0942 e. The summed E-state index contributed by atoms with van der Waals surface area (Å²) in [6.45, 7) is 60.3. The first-order valence-electron chi connectivity index (χ1n) is 35.7. The zero-order valence-corrected chi connectivity index (χ0v) is 64.5. The molecule has 0 saturated carbocycles. The van der Waals surface area contributed by atoms with Crippen molar-refractivity contribution in [2.75, 3.05) is 0 Å². The molecule has 8 aromatic carbocycles. The number of benzene rings is 8. The van der Waals surface area contributed by atoms with E-state index in [-0.39, 0.29) is 0 Å². The number of fused-ring (bicyclic) bond motifs is 9. The van der Waals surface area contributed by atoms with E-state index in [1.54, 1.807) is 20.7 Å². The molecule has 1 aliphatic rings. The first-order valence-corrected chi connectivity index (χ1v) is 44.6. The van der Waals surface area contributed by atoms with Gasteiger partial charge in [0.1, 0.15) is 0 Å². The molecule has 91 heavy (non-hydrogen) atoms. The average Bonchev–Trinajstić information content (AvgIpc) is 1.57. The summed E-state index contributed by atoms with van der Waals surface area (Å²) in [6, 6.07) is 69.3. The third-order valence-corrected chi connectivity index (χ3v) is 53.2. The van der Waals surface area contributed by atoms with E-state index in [2.05, 4.69) is 345 Å². The topological polar surface area (TPSA) is 9.86 Å². The standard InChI is InChI=1S/C85H112N2Si4/c1-53(2)88(54(3)4,55(5)6)69-41-45-81-75(49-69)76-50-70(89(56(7)8,57(9)10)58(11)12)42-46-82(76)86(81)67-37-33-65(34-38-67)85(79-31-27-25-29-73(79)74-30-26-28-32-80(74)85)66-35-39-68(40-36-66)87-83-47-43-71(90(59(13)14,60(15)16)61(17)18)51-77(83)78-52-72(44-48-84(78)87)91(62(19)20,63(21)22)64(23)24/h25-64H,1-24H3. The molecule has 6 heteroatoms. The Labute approximate surface area is 554 Å². The summed E-state index contributed by atoms with van der Waals surface area (Å²) in [5.74, 6) is 0. The number of hydrogen-bond donors (Lipinski definition) is 0. The van der Waals surface area contributed by atoms with Crippen molar-refractivity contribution in [1.82, 2.24) is 9.13 Å². The van der Waals surface area contributed by atoms with Crippen LogP contribution in [0.5, 0.6) is 0 Å². The second-order valence-electron chi connectivity index (χ2n) is 32.1. The van der Waals surface area contributed by atoms with Gasteiger partial charge < -0.3 is 9.13 Å². The van der Waals surface area contributed by atoms with Crippen molar-refractivity contribution in [1.29, 1.82) is 0 Å². The van der Waals surface area contributed by atoms with Gasteiger partial charge in [-0.25, -0.2) is 0 Å². The van der Waals surface area contributed by atoms with Crippen molar-refractivity contribution in [3.8, 4) is 22.5 Å². The van der Waals surface area contributed by atoms with Gasteiger partial charge in [-0.05, 0) is 148 Å². The maximum atomic E-state index is 2.69. The summed E-state index contributed by atoms with van der Waals surface area (Å²) in [5, 5.41) is 12.1. The highest BCUT2D eigenvalue weighted by Crippen LogP contribution is 2.57. The van der Waals surface area contributed by atoms with Crippen LogP contribution in [0.15, 0.2) is 170 Å². The van der Waals surface area contributed by atoms with Gasteiger partial charge >= 0.3 is 0 Å². The molecule has 2 nitrogen and oxygen atoms in total. The van der Waals surface area contributed by atoms with Crippen LogP contribution in [0.4, 0.5) is 0 Å². The first kappa shape index (κ1) is 66.7. The Morgan fingerprint density at radius 3 is 0.659 bits per heavy atom. The fourth-order valence-electron chi connectivity index (χ4n) is 22.4. The van der Waals surface area contributed by atoms with Gasteiger partial charge in [-0.15, -0.1) is 0 Å².